The summed E-state index contributed by atoms with van der Waals surface area (Å²) in [5.41, 5.74) is 2.84. The van der Waals surface area contributed by atoms with Crippen molar-refractivity contribution in [2.75, 3.05) is 13.2 Å². The van der Waals surface area contributed by atoms with Gasteiger partial charge < -0.3 is 9.47 Å². The third kappa shape index (κ3) is 3.48. The van der Waals surface area contributed by atoms with Gasteiger partial charge in [0.05, 0.1) is 4.90 Å². The van der Waals surface area contributed by atoms with E-state index in [9.17, 15) is 8.42 Å². The van der Waals surface area contributed by atoms with E-state index in [0.29, 0.717) is 24.7 Å². The number of fused-ring (bicyclic) bond motifs is 1. The van der Waals surface area contributed by atoms with Gasteiger partial charge in [0.25, 0.3) is 0 Å². The Morgan fingerprint density at radius 2 is 1.70 bits per heavy atom. The minimum atomic E-state index is -3.54. The molecule has 2 aromatic rings. The number of hydrogen-bond acceptors (Lipinski definition) is 4. The fourth-order valence-corrected chi connectivity index (χ4v) is 3.44. The van der Waals surface area contributed by atoms with Crippen LogP contribution in [0.2, 0.25) is 0 Å². The molecule has 3 rings (SSSR count). The minimum absolute atomic E-state index is 0.200. The van der Waals surface area contributed by atoms with Crippen LogP contribution >= 0.6 is 0 Å². The molecule has 1 aliphatic rings. The van der Waals surface area contributed by atoms with E-state index in [0.717, 1.165) is 16.7 Å². The van der Waals surface area contributed by atoms with Crippen LogP contribution in [-0.2, 0) is 16.6 Å². The van der Waals surface area contributed by atoms with Gasteiger partial charge in [-0.3, -0.25) is 0 Å². The first-order valence-corrected chi connectivity index (χ1v) is 8.89. The van der Waals surface area contributed by atoms with Gasteiger partial charge in [0.1, 0.15) is 13.2 Å². The van der Waals surface area contributed by atoms with Crippen molar-refractivity contribution in [2.45, 2.75) is 25.3 Å². The van der Waals surface area contributed by atoms with E-state index < -0.39 is 10.0 Å². The van der Waals surface area contributed by atoms with E-state index in [1.165, 1.54) is 0 Å². The molecule has 23 heavy (non-hydrogen) atoms. The lowest BCUT2D eigenvalue weighted by Gasteiger charge is -2.19. The third-order valence-electron chi connectivity index (χ3n) is 3.86. The van der Waals surface area contributed by atoms with Crippen LogP contribution in [0.25, 0.3) is 0 Å². The fourth-order valence-electron chi connectivity index (χ4n) is 2.34. The summed E-state index contributed by atoms with van der Waals surface area (Å²) in [4.78, 5) is 0.276. The van der Waals surface area contributed by atoms with Gasteiger partial charge in [-0.2, -0.15) is 0 Å². The Hall–Kier alpha value is -2.05. The molecule has 0 atom stereocenters. The Morgan fingerprint density at radius 3 is 2.43 bits per heavy atom. The molecule has 2 aromatic carbocycles. The van der Waals surface area contributed by atoms with Crippen LogP contribution in [0.5, 0.6) is 11.5 Å². The van der Waals surface area contributed by atoms with Crippen LogP contribution in [0.4, 0.5) is 0 Å². The molecule has 0 saturated carbocycles. The summed E-state index contributed by atoms with van der Waals surface area (Å²) >= 11 is 0. The van der Waals surface area contributed by atoms with E-state index >= 15 is 0 Å². The minimum Gasteiger partial charge on any atom is -0.486 e. The van der Waals surface area contributed by atoms with E-state index in [1.807, 2.05) is 26.0 Å². The average Bonchev–Trinajstić information content (AvgIpc) is 2.55. The second-order valence-electron chi connectivity index (χ2n) is 5.55. The van der Waals surface area contributed by atoms with Crippen LogP contribution in [0, 0.1) is 13.8 Å². The summed E-state index contributed by atoms with van der Waals surface area (Å²) in [5, 5.41) is 0. The molecule has 0 unspecified atom stereocenters. The highest BCUT2D eigenvalue weighted by Crippen LogP contribution is 2.30. The van der Waals surface area contributed by atoms with Crippen LogP contribution in [-0.4, -0.2) is 21.6 Å². The van der Waals surface area contributed by atoms with Gasteiger partial charge in [-0.05, 0) is 54.8 Å². The van der Waals surface area contributed by atoms with E-state index in [1.54, 1.807) is 24.3 Å². The maximum atomic E-state index is 12.4. The maximum absolute atomic E-state index is 12.4. The van der Waals surface area contributed by atoms with Crippen molar-refractivity contribution < 1.29 is 17.9 Å². The Bertz CT molecular complexity index is 830. The summed E-state index contributed by atoms with van der Waals surface area (Å²) in [6, 6.07) is 10.5. The van der Waals surface area contributed by atoms with Crippen molar-refractivity contribution in [1.29, 1.82) is 0 Å². The third-order valence-corrected chi connectivity index (χ3v) is 5.26. The predicted molar refractivity (Wildman–Crippen MR) is 87.4 cm³/mol. The zero-order chi connectivity index (χ0) is 16.4. The molecule has 1 heterocycles. The molecule has 0 spiro atoms. The van der Waals surface area contributed by atoms with Crippen LogP contribution in [0.3, 0.4) is 0 Å². The van der Waals surface area contributed by atoms with Crippen molar-refractivity contribution in [3.05, 3.63) is 53.1 Å². The number of sulfonamides is 1. The molecule has 0 aliphatic carbocycles. The molecule has 5 nitrogen and oxygen atoms in total. The van der Waals surface area contributed by atoms with Gasteiger partial charge in [-0.25, -0.2) is 13.1 Å². The second kappa shape index (κ2) is 6.22. The SMILES string of the molecule is Cc1ccc(S(=O)(=O)NCc2ccc3c(c2)OCCO3)cc1C. The lowest BCUT2D eigenvalue weighted by atomic mass is 10.1. The Morgan fingerprint density at radius 1 is 0.957 bits per heavy atom. The van der Waals surface area contributed by atoms with E-state index in [-0.39, 0.29) is 11.4 Å². The predicted octanol–water partition coefficient (Wildman–Crippen LogP) is 2.55. The van der Waals surface area contributed by atoms with Gasteiger partial charge in [-0.1, -0.05) is 12.1 Å². The van der Waals surface area contributed by atoms with Crippen LogP contribution in [0.1, 0.15) is 16.7 Å². The largest absolute Gasteiger partial charge is 0.486 e. The molecule has 0 fully saturated rings. The topological polar surface area (TPSA) is 64.6 Å². The molecule has 6 heteroatoms. The fraction of sp³-hybridized carbons (Fsp3) is 0.294. The molecule has 0 saturated heterocycles. The number of benzene rings is 2. The normalized spacial score (nSPS) is 13.8. The number of ether oxygens (including phenoxy) is 2. The molecule has 0 radical (unpaired) electrons. The van der Waals surface area contributed by atoms with E-state index in [2.05, 4.69) is 4.72 Å². The monoisotopic (exact) mass is 333 g/mol. The summed E-state index contributed by atoms with van der Waals surface area (Å²) in [6.07, 6.45) is 0. The molecular formula is C17H19NO4S. The number of hydrogen-bond donors (Lipinski definition) is 1. The molecule has 0 aromatic heterocycles. The van der Waals surface area contributed by atoms with Gasteiger partial charge in [0.15, 0.2) is 11.5 Å². The molecule has 1 N–H and O–H groups in total. The summed E-state index contributed by atoms with van der Waals surface area (Å²) < 4.78 is 38.4. The van der Waals surface area contributed by atoms with Crippen molar-refractivity contribution in [1.82, 2.24) is 4.72 Å². The second-order valence-corrected chi connectivity index (χ2v) is 7.32. The maximum Gasteiger partial charge on any atom is 0.240 e. The van der Waals surface area contributed by atoms with Gasteiger partial charge in [0.2, 0.25) is 10.0 Å². The van der Waals surface area contributed by atoms with Gasteiger partial charge >= 0.3 is 0 Å². The van der Waals surface area contributed by atoms with Crippen LogP contribution in [0.15, 0.2) is 41.3 Å². The van der Waals surface area contributed by atoms with Crippen molar-refractivity contribution >= 4 is 10.0 Å². The zero-order valence-corrected chi connectivity index (χ0v) is 13.9. The average molecular weight is 333 g/mol. The first-order chi connectivity index (χ1) is 11.0. The van der Waals surface area contributed by atoms with Crippen molar-refractivity contribution in [3.63, 3.8) is 0 Å². The van der Waals surface area contributed by atoms with Gasteiger partial charge in [0, 0.05) is 6.54 Å². The van der Waals surface area contributed by atoms with E-state index in [4.69, 9.17) is 9.47 Å². The van der Waals surface area contributed by atoms with Gasteiger partial charge in [-0.15, -0.1) is 0 Å². The standard InChI is InChI=1S/C17H19NO4S/c1-12-3-5-15(9-13(12)2)23(19,20)18-11-14-4-6-16-17(10-14)22-8-7-21-16/h3-6,9-10,18H,7-8,11H2,1-2H3. The Balaban J connectivity index is 1.75. The van der Waals surface area contributed by atoms with Crippen LogP contribution < -0.4 is 14.2 Å². The quantitative estimate of drug-likeness (QED) is 0.934. The van der Waals surface area contributed by atoms with Crippen molar-refractivity contribution in [2.24, 2.45) is 0 Å². The Kier molecular flexibility index (Phi) is 4.28. The highest BCUT2D eigenvalue weighted by atomic mass is 32.2. The molecule has 0 bridgehead atoms. The first kappa shape index (κ1) is 15.8. The van der Waals surface area contributed by atoms with Crippen molar-refractivity contribution in [3.8, 4) is 11.5 Å². The Labute approximate surface area is 136 Å². The smallest absolute Gasteiger partial charge is 0.240 e. The summed E-state index contributed by atoms with van der Waals surface area (Å²) in [5.74, 6) is 1.34. The zero-order valence-electron chi connectivity index (χ0n) is 13.1. The number of aryl methyl sites for hydroxylation is 2. The lowest BCUT2D eigenvalue weighted by Crippen LogP contribution is -2.23. The number of nitrogens with one attached hydrogen (secondary N) is 1. The number of rotatable bonds is 4. The highest BCUT2D eigenvalue weighted by Gasteiger charge is 2.16. The summed E-state index contributed by atoms with van der Waals surface area (Å²) in [6.45, 7) is 5.09. The molecule has 122 valence electrons. The summed E-state index contributed by atoms with van der Waals surface area (Å²) in [7, 11) is -3.54. The molecule has 0 amide bonds. The highest BCUT2D eigenvalue weighted by molar-refractivity contribution is 7.89. The lowest BCUT2D eigenvalue weighted by molar-refractivity contribution is 0.171. The molecular weight excluding hydrogens is 314 g/mol. The first-order valence-electron chi connectivity index (χ1n) is 7.41. The molecule has 1 aliphatic heterocycles.